The summed E-state index contributed by atoms with van der Waals surface area (Å²) < 4.78 is 11.6. The molecule has 0 fully saturated rings. The van der Waals surface area contributed by atoms with E-state index < -0.39 is 0 Å². The Balaban J connectivity index is 0.000000462. The fourth-order valence-electron chi connectivity index (χ4n) is 4.24. The Bertz CT molecular complexity index is 2600. The summed E-state index contributed by atoms with van der Waals surface area (Å²) in [6.45, 7) is 3.74. The van der Waals surface area contributed by atoms with Gasteiger partial charge in [-0.3, -0.25) is 0 Å². The Morgan fingerprint density at radius 1 is 0.492 bits per heavy atom. The normalized spacial score (nSPS) is 11.1. The summed E-state index contributed by atoms with van der Waals surface area (Å²) in [4.78, 5) is 0. The molecule has 0 spiro atoms. The summed E-state index contributed by atoms with van der Waals surface area (Å²) in [7, 11) is 11.7. The second kappa shape index (κ2) is 30.1. The Morgan fingerprint density at radius 3 is 1.24 bits per heavy atom. The van der Waals surface area contributed by atoms with E-state index in [4.69, 9.17) is 0 Å². The van der Waals surface area contributed by atoms with Crippen LogP contribution in [0.15, 0.2) is 208 Å². The topological polar surface area (TPSA) is 175 Å². The molecule has 21 heteroatoms. The maximum atomic E-state index is 4.16. The largest absolute Gasteiger partial charge is 1.00 e. The Kier molecular flexibility index (Phi) is 25.8. The van der Waals surface area contributed by atoms with Gasteiger partial charge < -0.3 is 50.9 Å². The van der Waals surface area contributed by atoms with Gasteiger partial charge >= 0.3 is 0 Å². The van der Waals surface area contributed by atoms with E-state index in [-0.39, 0.29) is 37.2 Å². The van der Waals surface area contributed by atoms with Gasteiger partial charge in [-0.1, -0.05) is 6.92 Å². The number of hydrogen-bond donors (Lipinski definition) is 0. The number of halogens is 3. The second-order valence-electron chi connectivity index (χ2n) is 13.0. The third kappa shape index (κ3) is 22.4. The zero-order valence-electron chi connectivity index (χ0n) is 36.3. The second-order valence-corrected chi connectivity index (χ2v) is 13.0. The van der Waals surface area contributed by atoms with Gasteiger partial charge in [0.2, 0.25) is 0 Å². The highest BCUT2D eigenvalue weighted by Crippen LogP contribution is 2.10. The van der Waals surface area contributed by atoms with Gasteiger partial charge in [-0.2, -0.15) is 0 Å². The minimum Gasteiger partial charge on any atom is -1.00 e. The number of amidine groups is 2. The third-order valence-corrected chi connectivity index (χ3v) is 7.71. The van der Waals surface area contributed by atoms with Crippen molar-refractivity contribution in [2.24, 2.45) is 104 Å². The van der Waals surface area contributed by atoms with Crippen molar-refractivity contribution in [1.82, 2.24) is 13.7 Å². The first-order chi connectivity index (χ1) is 29.0. The van der Waals surface area contributed by atoms with Crippen LogP contribution in [-0.4, -0.2) is 31.7 Å². The van der Waals surface area contributed by atoms with E-state index >= 15 is 0 Å². The molecule has 0 saturated carbocycles. The maximum absolute atomic E-state index is 4.16. The molecule has 6 aromatic rings. The van der Waals surface area contributed by atoms with E-state index in [0.717, 1.165) is 33.1 Å². The summed E-state index contributed by atoms with van der Waals surface area (Å²) in [5, 5.41) is 50.8. The van der Waals surface area contributed by atoms with Crippen molar-refractivity contribution in [3.05, 3.63) is 163 Å². The highest BCUT2D eigenvalue weighted by molar-refractivity contribution is 5.82. The average Bonchev–Trinajstić information content (AvgIpc) is 3.26. The summed E-state index contributed by atoms with van der Waals surface area (Å²) in [5.74, 6) is 1.10. The zero-order chi connectivity index (χ0) is 43.0. The van der Waals surface area contributed by atoms with E-state index in [9.17, 15) is 0 Å². The number of aryl methyl sites for hydroxylation is 6. The molecular weight excluding hydrogens is 863 g/mol. The molecule has 63 heavy (non-hydrogen) atoms. The predicted octanol–water partition coefficient (Wildman–Crippen LogP) is -3.39. The SMILES string of the molecule is CC(N=Nc1cc[n+](C)cc1)=NN=c1ccn(C)cc1.CCC(N=Nc1cc[n+](C)cc1)=NN=c1ccn(C)cc1.Cn1ccc(=NN=CN=Nc2cc[n+](C)cc2)cc1.[Cl-].[Cl-].[Cl-]. The molecule has 0 aliphatic heterocycles. The van der Waals surface area contributed by atoms with Crippen LogP contribution in [0.5, 0.6) is 0 Å². The van der Waals surface area contributed by atoms with Crippen molar-refractivity contribution in [2.75, 3.05) is 0 Å². The molecule has 0 atom stereocenters. The first-order valence-corrected chi connectivity index (χ1v) is 18.8. The number of azo groups is 3. The Hall–Kier alpha value is -7.02. The molecule has 0 bridgehead atoms. The van der Waals surface area contributed by atoms with Crippen LogP contribution in [0, 0.1) is 0 Å². The number of hydrogen-bond acceptors (Lipinski definition) is 9. The van der Waals surface area contributed by atoms with Gasteiger partial charge in [0.1, 0.15) is 21.1 Å². The van der Waals surface area contributed by atoms with E-state index in [1.54, 1.807) is 6.92 Å². The number of aromatic nitrogens is 6. The quantitative estimate of drug-likeness (QED) is 0.0488. The molecule has 6 aromatic heterocycles. The molecule has 0 aliphatic carbocycles. The molecule has 0 aromatic carbocycles. The van der Waals surface area contributed by atoms with Crippen LogP contribution >= 0.6 is 0 Å². The lowest BCUT2D eigenvalue weighted by Gasteiger charge is -1.94. The fraction of sp³-hybridized carbons (Fsp3) is 0.214. The van der Waals surface area contributed by atoms with Crippen LogP contribution in [0.25, 0.3) is 0 Å². The molecule has 330 valence electrons. The molecule has 0 radical (unpaired) electrons. The smallest absolute Gasteiger partial charge is 0.173 e. The Morgan fingerprint density at radius 2 is 0.841 bits per heavy atom. The first-order valence-electron chi connectivity index (χ1n) is 18.8. The van der Waals surface area contributed by atoms with Gasteiger partial charge in [0, 0.05) is 101 Å². The maximum Gasteiger partial charge on any atom is 0.173 e. The van der Waals surface area contributed by atoms with Gasteiger partial charge in [0.05, 0.1) is 33.1 Å². The summed E-state index contributed by atoms with van der Waals surface area (Å²) in [6.07, 6.45) is 24.9. The predicted molar refractivity (Wildman–Crippen MR) is 229 cm³/mol. The molecule has 0 saturated heterocycles. The van der Waals surface area contributed by atoms with Crippen molar-refractivity contribution < 1.29 is 50.9 Å². The third-order valence-electron chi connectivity index (χ3n) is 7.71. The van der Waals surface area contributed by atoms with Crippen molar-refractivity contribution in [1.29, 1.82) is 0 Å². The van der Waals surface area contributed by atoms with Crippen LogP contribution < -0.4 is 67.0 Å². The van der Waals surface area contributed by atoms with Crippen LogP contribution in [0.3, 0.4) is 0 Å². The highest BCUT2D eigenvalue weighted by atomic mass is 35.5. The van der Waals surface area contributed by atoms with Crippen molar-refractivity contribution >= 4 is 35.1 Å². The first kappa shape index (κ1) is 54.0. The molecular formula is C42H51Cl3N18. The summed E-state index contributed by atoms with van der Waals surface area (Å²) in [5.41, 5.74) is 2.35. The van der Waals surface area contributed by atoms with Crippen LogP contribution in [0.4, 0.5) is 17.1 Å². The number of pyridine rings is 6. The van der Waals surface area contributed by atoms with Crippen LogP contribution in [-0.2, 0) is 42.3 Å². The molecule has 6 rings (SSSR count). The van der Waals surface area contributed by atoms with Gasteiger partial charge in [0.25, 0.3) is 0 Å². The monoisotopic (exact) mass is 912 g/mol. The Labute approximate surface area is 385 Å². The molecule has 6 heterocycles. The molecule has 0 amide bonds. The van der Waals surface area contributed by atoms with Gasteiger partial charge in [-0.05, 0) is 43.3 Å². The van der Waals surface area contributed by atoms with Crippen LogP contribution in [0.1, 0.15) is 20.3 Å². The zero-order valence-corrected chi connectivity index (χ0v) is 38.6. The number of nitrogens with zero attached hydrogens (tertiary/aromatic N) is 18. The molecule has 0 unspecified atom stereocenters. The van der Waals surface area contributed by atoms with E-state index in [2.05, 4.69) is 61.3 Å². The van der Waals surface area contributed by atoms with Gasteiger partial charge in [-0.15, -0.1) is 61.3 Å². The van der Waals surface area contributed by atoms with Gasteiger partial charge in [0.15, 0.2) is 55.2 Å². The molecule has 18 nitrogen and oxygen atoms in total. The van der Waals surface area contributed by atoms with Crippen molar-refractivity contribution in [3.8, 4) is 0 Å². The van der Waals surface area contributed by atoms with E-state index in [1.165, 1.54) is 6.34 Å². The van der Waals surface area contributed by atoms with Crippen LogP contribution in [0.2, 0.25) is 0 Å². The van der Waals surface area contributed by atoms with Crippen molar-refractivity contribution in [3.63, 3.8) is 0 Å². The van der Waals surface area contributed by atoms with E-state index in [0.29, 0.717) is 18.1 Å². The molecule has 0 N–H and O–H groups in total. The lowest BCUT2D eigenvalue weighted by Crippen LogP contribution is -3.00. The molecule has 0 aliphatic rings. The minimum absolute atomic E-state index is 0. The van der Waals surface area contributed by atoms with Gasteiger partial charge in [-0.25, -0.2) is 13.7 Å². The lowest BCUT2D eigenvalue weighted by atomic mass is 10.4. The summed E-state index contributed by atoms with van der Waals surface area (Å²) >= 11 is 0. The lowest BCUT2D eigenvalue weighted by molar-refractivity contribution is -0.671. The fourth-order valence-corrected chi connectivity index (χ4v) is 4.24. The number of rotatable bonds is 8. The average molecular weight is 914 g/mol. The summed E-state index contributed by atoms with van der Waals surface area (Å²) in [6, 6.07) is 22.6. The highest BCUT2D eigenvalue weighted by Gasteiger charge is 1.97. The minimum atomic E-state index is 0. The van der Waals surface area contributed by atoms with Crippen molar-refractivity contribution in [2.45, 2.75) is 20.3 Å². The standard InChI is InChI=1S/C15H19N6.C14H17N6.C13H15N6.3ClH/c1-4-15(18-16-13-5-9-20(2)10-6-13)19-17-14-7-11-21(3)12-8-14;1-12(15-17-13-4-8-19(2)9-5-13)16-18-14-6-10-20(3)11-7-14;1-18-7-3-12(4-8-18)16-14-11-15-17-13-5-9-19(2)10-6-13;;;/h5-12H,4H2,1-3H3;4-11H,1-3H3;3-11H,1-2H3;3*1H/q3*+1;;;/p-3. The van der Waals surface area contributed by atoms with E-state index in [1.807, 2.05) is 224 Å².